The third-order valence-electron chi connectivity index (χ3n) is 3.76. The maximum absolute atomic E-state index is 12.0. The Hall–Kier alpha value is -2.18. The number of carbonyl (C=O) groups excluding carboxylic acids is 1. The molecule has 0 aliphatic carbocycles. The van der Waals surface area contributed by atoms with E-state index >= 15 is 0 Å². The molecule has 0 aromatic heterocycles. The minimum absolute atomic E-state index is 0.0290. The summed E-state index contributed by atoms with van der Waals surface area (Å²) in [5.74, 6) is -0.651. The lowest BCUT2D eigenvalue weighted by molar-refractivity contribution is 0.0529. The molecule has 26 heavy (non-hydrogen) atoms. The average molecular weight is 376 g/mol. The fraction of sp³-hybridized carbons (Fsp3) is 0.350. The molecule has 0 amide bonds. The molecule has 0 N–H and O–H groups in total. The van der Waals surface area contributed by atoms with E-state index in [1.54, 1.807) is 30.3 Å². The molecule has 0 aliphatic rings. The predicted octanol–water partition coefficient (Wildman–Crippen LogP) is 2.91. The van der Waals surface area contributed by atoms with Crippen LogP contribution in [0.2, 0.25) is 0 Å². The maximum atomic E-state index is 12.0. The first-order valence-corrected chi connectivity index (χ1v) is 10.4. The molecule has 0 saturated heterocycles. The van der Waals surface area contributed by atoms with Crippen LogP contribution in [0.25, 0.3) is 0 Å². The molecule has 2 aromatic carbocycles. The Balaban J connectivity index is 1.56. The number of benzene rings is 2. The lowest BCUT2D eigenvalue weighted by Crippen LogP contribution is -2.19. The lowest BCUT2D eigenvalue weighted by Gasteiger charge is -2.07. The standard InChI is InChI=1S/C20H24O5S/c21-20(19-10-5-2-6-11-19)25-15-17-26(22,23)16-7-13-24-14-12-18-8-3-1-4-9-18/h1-6,8-11H,7,12-17H2. The van der Waals surface area contributed by atoms with Gasteiger partial charge in [-0.3, -0.25) is 0 Å². The summed E-state index contributed by atoms with van der Waals surface area (Å²) in [7, 11) is -3.26. The Morgan fingerprint density at radius 2 is 1.46 bits per heavy atom. The highest BCUT2D eigenvalue weighted by Crippen LogP contribution is 2.03. The molecule has 2 rings (SSSR count). The second kappa shape index (κ2) is 10.7. The molecule has 0 radical (unpaired) electrons. The second-order valence-corrected chi connectivity index (χ2v) is 8.16. The highest BCUT2D eigenvalue weighted by Gasteiger charge is 2.13. The molecule has 0 fully saturated rings. The number of rotatable bonds is 11. The van der Waals surface area contributed by atoms with Gasteiger partial charge in [0.05, 0.1) is 23.7 Å². The first-order valence-electron chi connectivity index (χ1n) is 8.61. The first-order chi connectivity index (χ1) is 12.6. The summed E-state index contributed by atoms with van der Waals surface area (Å²) in [6.45, 7) is 0.833. The Morgan fingerprint density at radius 1 is 0.808 bits per heavy atom. The maximum Gasteiger partial charge on any atom is 0.338 e. The monoisotopic (exact) mass is 376 g/mol. The van der Waals surface area contributed by atoms with Gasteiger partial charge in [-0.2, -0.15) is 0 Å². The third-order valence-corrected chi connectivity index (χ3v) is 5.46. The lowest BCUT2D eigenvalue weighted by atomic mass is 10.2. The van der Waals surface area contributed by atoms with Crippen LogP contribution < -0.4 is 0 Å². The highest BCUT2D eigenvalue weighted by atomic mass is 32.2. The number of ether oxygens (including phenoxy) is 2. The third kappa shape index (κ3) is 7.80. The van der Waals surface area contributed by atoms with Gasteiger partial charge < -0.3 is 9.47 Å². The van der Waals surface area contributed by atoms with Gasteiger partial charge in [0.25, 0.3) is 0 Å². The van der Waals surface area contributed by atoms with Gasteiger partial charge in [0.2, 0.25) is 0 Å². The normalized spacial score (nSPS) is 11.2. The molecular weight excluding hydrogens is 352 g/mol. The molecule has 0 spiro atoms. The van der Waals surface area contributed by atoms with E-state index in [4.69, 9.17) is 9.47 Å². The summed E-state index contributed by atoms with van der Waals surface area (Å²) in [6.07, 6.45) is 1.24. The molecule has 0 heterocycles. The Kier molecular flexibility index (Phi) is 8.31. The van der Waals surface area contributed by atoms with Crippen LogP contribution in [0, 0.1) is 0 Å². The van der Waals surface area contributed by atoms with Gasteiger partial charge in [-0.15, -0.1) is 0 Å². The summed E-state index contributed by atoms with van der Waals surface area (Å²) in [6, 6.07) is 18.5. The summed E-state index contributed by atoms with van der Waals surface area (Å²) in [4.78, 5) is 11.7. The van der Waals surface area contributed by atoms with Crippen LogP contribution in [0.4, 0.5) is 0 Å². The highest BCUT2D eigenvalue weighted by molar-refractivity contribution is 7.91. The van der Waals surface area contributed by atoms with Crippen molar-refractivity contribution in [1.82, 2.24) is 0 Å². The fourth-order valence-corrected chi connectivity index (χ4v) is 3.44. The molecule has 0 unspecified atom stereocenters. The fourth-order valence-electron chi connectivity index (χ4n) is 2.34. The van der Waals surface area contributed by atoms with E-state index in [0.29, 0.717) is 25.2 Å². The quantitative estimate of drug-likeness (QED) is 0.445. The van der Waals surface area contributed by atoms with Crippen LogP contribution in [0.15, 0.2) is 60.7 Å². The van der Waals surface area contributed by atoms with Crippen molar-refractivity contribution in [2.45, 2.75) is 12.8 Å². The molecule has 0 atom stereocenters. The number of esters is 1. The van der Waals surface area contributed by atoms with E-state index < -0.39 is 15.8 Å². The summed E-state index contributed by atoms with van der Waals surface area (Å²) in [5.41, 5.74) is 1.61. The molecule has 6 heteroatoms. The van der Waals surface area contributed by atoms with Crippen molar-refractivity contribution >= 4 is 15.8 Å². The average Bonchev–Trinajstić information content (AvgIpc) is 2.66. The zero-order valence-corrected chi connectivity index (χ0v) is 15.5. The SMILES string of the molecule is O=C(OCCS(=O)(=O)CCCOCCc1ccccc1)c1ccccc1. The van der Waals surface area contributed by atoms with Crippen molar-refractivity contribution in [1.29, 1.82) is 0 Å². The minimum Gasteiger partial charge on any atom is -0.461 e. The van der Waals surface area contributed by atoms with E-state index in [9.17, 15) is 13.2 Å². The zero-order chi connectivity index (χ0) is 18.7. The van der Waals surface area contributed by atoms with Gasteiger partial charge >= 0.3 is 5.97 Å². The number of hydrogen-bond acceptors (Lipinski definition) is 5. The van der Waals surface area contributed by atoms with Gasteiger partial charge in [-0.1, -0.05) is 48.5 Å². The van der Waals surface area contributed by atoms with E-state index in [0.717, 1.165) is 6.42 Å². The van der Waals surface area contributed by atoms with Crippen LogP contribution in [0.1, 0.15) is 22.3 Å². The minimum atomic E-state index is -3.26. The molecule has 5 nitrogen and oxygen atoms in total. The molecule has 140 valence electrons. The Bertz CT molecular complexity index is 757. The number of sulfone groups is 1. The summed E-state index contributed by atoms with van der Waals surface area (Å²) < 4.78 is 34.4. The van der Waals surface area contributed by atoms with Crippen LogP contribution >= 0.6 is 0 Å². The van der Waals surface area contributed by atoms with E-state index in [-0.39, 0.29) is 18.1 Å². The van der Waals surface area contributed by atoms with Crippen LogP contribution in [-0.2, 0) is 25.7 Å². The molecule has 0 saturated carbocycles. The van der Waals surface area contributed by atoms with Crippen molar-refractivity contribution in [3.63, 3.8) is 0 Å². The van der Waals surface area contributed by atoms with Gasteiger partial charge in [0.15, 0.2) is 9.84 Å². The van der Waals surface area contributed by atoms with Gasteiger partial charge in [-0.05, 0) is 30.5 Å². The van der Waals surface area contributed by atoms with E-state index in [1.807, 2.05) is 30.3 Å². The smallest absolute Gasteiger partial charge is 0.338 e. The van der Waals surface area contributed by atoms with Crippen LogP contribution in [0.3, 0.4) is 0 Å². The van der Waals surface area contributed by atoms with E-state index in [1.165, 1.54) is 5.56 Å². The molecule has 2 aromatic rings. The van der Waals surface area contributed by atoms with Crippen molar-refractivity contribution in [2.24, 2.45) is 0 Å². The molecule has 0 aliphatic heterocycles. The first kappa shape index (κ1) is 20.1. The van der Waals surface area contributed by atoms with Gasteiger partial charge in [0.1, 0.15) is 6.61 Å². The van der Waals surface area contributed by atoms with Crippen LogP contribution in [-0.4, -0.2) is 45.7 Å². The van der Waals surface area contributed by atoms with Crippen molar-refractivity contribution in [3.05, 3.63) is 71.8 Å². The molecule has 0 bridgehead atoms. The summed E-state index contributed by atoms with van der Waals surface area (Å²) in [5, 5.41) is 0. The Labute approximate surface area is 154 Å². The van der Waals surface area contributed by atoms with Crippen molar-refractivity contribution in [3.8, 4) is 0 Å². The second-order valence-electron chi connectivity index (χ2n) is 5.86. The van der Waals surface area contributed by atoms with E-state index in [2.05, 4.69) is 0 Å². The topological polar surface area (TPSA) is 69.7 Å². The van der Waals surface area contributed by atoms with Crippen molar-refractivity contribution in [2.75, 3.05) is 31.3 Å². The zero-order valence-electron chi connectivity index (χ0n) is 14.7. The molecular formula is C20H24O5S. The largest absolute Gasteiger partial charge is 0.461 e. The number of carbonyl (C=O) groups is 1. The van der Waals surface area contributed by atoms with Gasteiger partial charge in [-0.25, -0.2) is 13.2 Å². The van der Waals surface area contributed by atoms with Crippen LogP contribution in [0.5, 0.6) is 0 Å². The van der Waals surface area contributed by atoms with Gasteiger partial charge in [0, 0.05) is 6.61 Å². The summed E-state index contributed by atoms with van der Waals surface area (Å²) >= 11 is 0. The Morgan fingerprint density at radius 3 is 2.15 bits per heavy atom. The number of hydrogen-bond donors (Lipinski definition) is 0. The van der Waals surface area contributed by atoms with Crippen molar-refractivity contribution < 1.29 is 22.7 Å². The predicted molar refractivity (Wildman–Crippen MR) is 101 cm³/mol.